The highest BCUT2D eigenvalue weighted by molar-refractivity contribution is 7.90. The Morgan fingerprint density at radius 3 is 2.44 bits per heavy atom. The van der Waals surface area contributed by atoms with Crippen molar-refractivity contribution < 1.29 is 13.2 Å². The monoisotopic (exact) mass is 387 g/mol. The van der Waals surface area contributed by atoms with Crippen LogP contribution in [-0.2, 0) is 15.6 Å². The zero-order chi connectivity index (χ0) is 19.4. The van der Waals surface area contributed by atoms with Crippen LogP contribution < -0.4 is 5.32 Å². The van der Waals surface area contributed by atoms with E-state index in [1.165, 1.54) is 0 Å². The first-order valence-electron chi connectivity index (χ1n) is 8.95. The molecule has 1 saturated heterocycles. The number of likely N-dealkylation sites (N-methyl/N-ethyl adjacent to an activating group) is 1. The molecule has 2 aromatic carbocycles. The Balaban J connectivity index is 1.74. The van der Waals surface area contributed by atoms with E-state index >= 15 is 0 Å². The van der Waals surface area contributed by atoms with Crippen molar-refractivity contribution in [2.45, 2.75) is 23.1 Å². The van der Waals surface area contributed by atoms with E-state index in [0.717, 1.165) is 6.42 Å². The van der Waals surface area contributed by atoms with Crippen molar-refractivity contribution in [3.8, 4) is 0 Å². The molecular formula is C20H25N3O3S. The molecule has 1 aliphatic rings. The van der Waals surface area contributed by atoms with Gasteiger partial charge in [0, 0.05) is 24.8 Å². The highest BCUT2D eigenvalue weighted by atomic mass is 32.2. The van der Waals surface area contributed by atoms with Gasteiger partial charge in [0.05, 0.1) is 10.6 Å². The second kappa shape index (κ2) is 8.10. The molecular weight excluding hydrogens is 362 g/mol. The van der Waals surface area contributed by atoms with E-state index in [4.69, 9.17) is 0 Å². The van der Waals surface area contributed by atoms with Crippen LogP contribution in [0.4, 0.5) is 10.5 Å². The number of amides is 2. The Kier molecular flexibility index (Phi) is 5.82. The summed E-state index contributed by atoms with van der Waals surface area (Å²) < 4.78 is 25.4. The van der Waals surface area contributed by atoms with Crippen LogP contribution in [0.2, 0.25) is 0 Å². The predicted octanol–water partition coefficient (Wildman–Crippen LogP) is 2.83. The van der Waals surface area contributed by atoms with E-state index in [2.05, 4.69) is 10.2 Å². The summed E-state index contributed by atoms with van der Waals surface area (Å²) in [4.78, 5) is 16.8. The highest BCUT2D eigenvalue weighted by Gasteiger charge is 2.28. The summed E-state index contributed by atoms with van der Waals surface area (Å²) in [6.07, 6.45) is 0.935. The molecule has 1 atom stereocenters. The smallest absolute Gasteiger partial charge is 0.321 e. The van der Waals surface area contributed by atoms with Crippen molar-refractivity contribution in [1.29, 1.82) is 0 Å². The van der Waals surface area contributed by atoms with Crippen LogP contribution in [0.15, 0.2) is 59.5 Å². The number of para-hydroxylation sites is 1. The van der Waals surface area contributed by atoms with Crippen molar-refractivity contribution in [3.05, 3.63) is 60.2 Å². The minimum Gasteiger partial charge on any atom is -0.323 e. The lowest BCUT2D eigenvalue weighted by Crippen LogP contribution is -2.37. The molecule has 3 rings (SSSR count). The fourth-order valence-electron chi connectivity index (χ4n) is 3.23. The van der Waals surface area contributed by atoms with Crippen LogP contribution in [0, 0.1) is 0 Å². The van der Waals surface area contributed by atoms with Gasteiger partial charge in [-0.1, -0.05) is 36.4 Å². The average molecular weight is 388 g/mol. The third-order valence-corrected chi connectivity index (χ3v) is 6.57. The van der Waals surface area contributed by atoms with Crippen LogP contribution in [0.5, 0.6) is 0 Å². The number of likely N-dealkylation sites (tertiary alicyclic amines) is 1. The molecule has 2 aromatic rings. The topological polar surface area (TPSA) is 69.7 Å². The average Bonchev–Trinajstić information content (AvgIpc) is 3.14. The van der Waals surface area contributed by atoms with Gasteiger partial charge in [0.1, 0.15) is 0 Å². The molecule has 0 bridgehead atoms. The number of urea groups is 1. The molecule has 0 aliphatic carbocycles. The summed E-state index contributed by atoms with van der Waals surface area (Å²) in [6, 6.07) is 15.6. The van der Waals surface area contributed by atoms with E-state index in [-0.39, 0.29) is 16.7 Å². The number of nitrogens with zero attached hydrogens (tertiary/aromatic N) is 2. The summed E-state index contributed by atoms with van der Waals surface area (Å²) in [5, 5.41) is 2.89. The van der Waals surface area contributed by atoms with Gasteiger partial charge >= 0.3 is 6.03 Å². The minimum atomic E-state index is -3.48. The molecule has 2 amide bonds. The standard InChI is InChI=1S/C20H25N3O3S/c1-22(2)17-12-13-23(14-17)20(24)21-19-11-7-6-8-16(19)15-27(25,26)18-9-4-3-5-10-18/h3-11,17H,12-15H2,1-2H3,(H,21,24). The number of nitrogens with one attached hydrogen (secondary N) is 1. The second-order valence-electron chi connectivity index (χ2n) is 7.01. The van der Waals surface area contributed by atoms with Crippen LogP contribution in [0.1, 0.15) is 12.0 Å². The highest BCUT2D eigenvalue weighted by Crippen LogP contribution is 2.23. The van der Waals surface area contributed by atoms with Gasteiger partial charge in [-0.2, -0.15) is 0 Å². The zero-order valence-corrected chi connectivity index (χ0v) is 16.4. The van der Waals surface area contributed by atoms with Gasteiger partial charge in [0.15, 0.2) is 9.84 Å². The lowest BCUT2D eigenvalue weighted by molar-refractivity contribution is 0.216. The molecule has 0 saturated carbocycles. The Bertz CT molecular complexity index is 898. The third-order valence-electron chi connectivity index (χ3n) is 4.89. The van der Waals surface area contributed by atoms with Crippen molar-refractivity contribution in [2.75, 3.05) is 32.5 Å². The Morgan fingerprint density at radius 1 is 1.11 bits per heavy atom. The van der Waals surface area contributed by atoms with Gasteiger partial charge < -0.3 is 15.1 Å². The molecule has 0 spiro atoms. The molecule has 1 heterocycles. The Morgan fingerprint density at radius 2 is 1.78 bits per heavy atom. The number of rotatable bonds is 5. The summed E-state index contributed by atoms with van der Waals surface area (Å²) in [5.41, 5.74) is 1.12. The molecule has 1 fully saturated rings. The van der Waals surface area contributed by atoms with E-state index in [1.807, 2.05) is 14.1 Å². The number of anilines is 1. The fraction of sp³-hybridized carbons (Fsp3) is 0.350. The number of sulfone groups is 1. The maximum absolute atomic E-state index is 12.7. The summed E-state index contributed by atoms with van der Waals surface area (Å²) >= 11 is 0. The molecule has 0 radical (unpaired) electrons. The molecule has 144 valence electrons. The maximum atomic E-state index is 12.7. The summed E-state index contributed by atoms with van der Waals surface area (Å²) in [5.74, 6) is -0.159. The molecule has 7 heteroatoms. The van der Waals surface area contributed by atoms with Gasteiger partial charge in [-0.15, -0.1) is 0 Å². The lowest BCUT2D eigenvalue weighted by Gasteiger charge is -2.21. The lowest BCUT2D eigenvalue weighted by atomic mass is 10.2. The van der Waals surface area contributed by atoms with E-state index in [1.54, 1.807) is 59.5 Å². The van der Waals surface area contributed by atoms with Crippen molar-refractivity contribution >= 4 is 21.6 Å². The quantitative estimate of drug-likeness (QED) is 0.857. The number of carbonyl (C=O) groups is 1. The van der Waals surface area contributed by atoms with E-state index in [9.17, 15) is 13.2 Å². The van der Waals surface area contributed by atoms with Crippen LogP contribution in [-0.4, -0.2) is 57.5 Å². The van der Waals surface area contributed by atoms with Gasteiger partial charge in [-0.25, -0.2) is 13.2 Å². The van der Waals surface area contributed by atoms with Crippen molar-refractivity contribution in [2.24, 2.45) is 0 Å². The largest absolute Gasteiger partial charge is 0.323 e. The zero-order valence-electron chi connectivity index (χ0n) is 15.6. The molecule has 6 nitrogen and oxygen atoms in total. The molecule has 0 aromatic heterocycles. The Hall–Kier alpha value is -2.38. The van der Waals surface area contributed by atoms with Crippen molar-refractivity contribution in [1.82, 2.24) is 9.80 Å². The predicted molar refractivity (Wildman–Crippen MR) is 106 cm³/mol. The number of benzene rings is 2. The molecule has 27 heavy (non-hydrogen) atoms. The first-order chi connectivity index (χ1) is 12.9. The van der Waals surface area contributed by atoms with E-state index in [0.29, 0.717) is 30.4 Å². The normalized spacial score (nSPS) is 17.3. The number of hydrogen-bond acceptors (Lipinski definition) is 4. The molecule has 1 aliphatic heterocycles. The van der Waals surface area contributed by atoms with E-state index < -0.39 is 9.84 Å². The number of hydrogen-bond donors (Lipinski definition) is 1. The number of carbonyl (C=O) groups excluding carboxylic acids is 1. The first kappa shape index (κ1) is 19.4. The fourth-order valence-corrected chi connectivity index (χ4v) is 4.63. The van der Waals surface area contributed by atoms with Gasteiger partial charge in [0.2, 0.25) is 0 Å². The van der Waals surface area contributed by atoms with Gasteiger partial charge in [0.25, 0.3) is 0 Å². The SMILES string of the molecule is CN(C)C1CCN(C(=O)Nc2ccccc2CS(=O)(=O)c2ccccc2)C1. The molecule has 1 N–H and O–H groups in total. The second-order valence-corrected chi connectivity index (χ2v) is 9.00. The van der Waals surface area contributed by atoms with Gasteiger partial charge in [-0.05, 0) is 44.3 Å². The van der Waals surface area contributed by atoms with Crippen LogP contribution >= 0.6 is 0 Å². The van der Waals surface area contributed by atoms with Gasteiger partial charge in [-0.3, -0.25) is 0 Å². The van der Waals surface area contributed by atoms with Crippen LogP contribution in [0.3, 0.4) is 0 Å². The summed E-state index contributed by atoms with van der Waals surface area (Å²) in [6.45, 7) is 1.36. The summed E-state index contributed by atoms with van der Waals surface area (Å²) in [7, 11) is 0.537. The minimum absolute atomic E-state index is 0.159. The molecule has 1 unspecified atom stereocenters. The first-order valence-corrected chi connectivity index (χ1v) is 10.6. The van der Waals surface area contributed by atoms with Crippen LogP contribution in [0.25, 0.3) is 0 Å². The third kappa shape index (κ3) is 4.67. The maximum Gasteiger partial charge on any atom is 0.321 e. The Labute approximate surface area is 160 Å². The van der Waals surface area contributed by atoms with Crippen molar-refractivity contribution in [3.63, 3.8) is 0 Å².